The zero-order chi connectivity index (χ0) is 12.6. The van der Waals surface area contributed by atoms with Crippen molar-refractivity contribution in [1.82, 2.24) is 14.9 Å². The lowest BCUT2D eigenvalue weighted by molar-refractivity contribution is 0.278. The SMILES string of the molecule is CCNCCS(=O)(=O)NCCN(C)C(C)C. The predicted octanol–water partition coefficient (Wildman–Crippen LogP) is -0.144. The molecule has 0 saturated carbocycles. The molecule has 0 atom stereocenters. The molecule has 0 bridgehead atoms. The summed E-state index contributed by atoms with van der Waals surface area (Å²) in [6.07, 6.45) is 0. The van der Waals surface area contributed by atoms with Gasteiger partial charge in [-0.2, -0.15) is 0 Å². The fourth-order valence-electron chi connectivity index (χ4n) is 1.09. The summed E-state index contributed by atoms with van der Waals surface area (Å²) in [5.74, 6) is 0.145. The summed E-state index contributed by atoms with van der Waals surface area (Å²) in [6.45, 7) is 8.63. The lowest BCUT2D eigenvalue weighted by Gasteiger charge is -2.20. The Hall–Kier alpha value is -0.170. The molecule has 0 rings (SSSR count). The quantitative estimate of drug-likeness (QED) is 0.560. The molecule has 0 aliphatic heterocycles. The second kappa shape index (κ2) is 8.00. The van der Waals surface area contributed by atoms with Crippen LogP contribution < -0.4 is 10.0 Å². The van der Waals surface area contributed by atoms with Gasteiger partial charge in [-0.25, -0.2) is 13.1 Å². The lowest BCUT2D eigenvalue weighted by atomic mass is 10.3. The molecule has 0 aromatic carbocycles. The van der Waals surface area contributed by atoms with Crippen LogP contribution >= 0.6 is 0 Å². The molecule has 98 valence electrons. The van der Waals surface area contributed by atoms with E-state index in [1.165, 1.54) is 0 Å². The lowest BCUT2D eigenvalue weighted by Crippen LogP contribution is -2.38. The monoisotopic (exact) mass is 251 g/mol. The number of sulfonamides is 1. The summed E-state index contributed by atoms with van der Waals surface area (Å²) in [5, 5.41) is 2.99. The van der Waals surface area contributed by atoms with Crippen molar-refractivity contribution in [3.8, 4) is 0 Å². The van der Waals surface area contributed by atoms with Crippen LogP contribution in [0.3, 0.4) is 0 Å². The maximum absolute atomic E-state index is 11.5. The molecule has 0 spiro atoms. The summed E-state index contributed by atoms with van der Waals surface area (Å²) in [6, 6.07) is 0.436. The second-order valence-corrected chi connectivity index (χ2v) is 6.07. The summed E-state index contributed by atoms with van der Waals surface area (Å²) < 4.78 is 25.6. The average Bonchev–Trinajstić information content (AvgIpc) is 2.17. The van der Waals surface area contributed by atoms with Crippen molar-refractivity contribution in [3.63, 3.8) is 0 Å². The van der Waals surface area contributed by atoms with Crippen molar-refractivity contribution in [2.24, 2.45) is 0 Å². The van der Waals surface area contributed by atoms with Gasteiger partial charge in [-0.05, 0) is 27.4 Å². The average molecular weight is 251 g/mol. The van der Waals surface area contributed by atoms with E-state index in [1.54, 1.807) is 0 Å². The first-order chi connectivity index (χ1) is 7.39. The highest BCUT2D eigenvalue weighted by atomic mass is 32.2. The minimum atomic E-state index is -3.11. The fraction of sp³-hybridized carbons (Fsp3) is 1.00. The number of hydrogen-bond acceptors (Lipinski definition) is 4. The van der Waals surface area contributed by atoms with E-state index in [1.807, 2.05) is 14.0 Å². The van der Waals surface area contributed by atoms with Crippen LogP contribution in [0.25, 0.3) is 0 Å². The van der Waals surface area contributed by atoms with Crippen molar-refractivity contribution < 1.29 is 8.42 Å². The Morgan fingerprint density at radius 2 is 1.88 bits per heavy atom. The largest absolute Gasteiger partial charge is 0.316 e. The van der Waals surface area contributed by atoms with Crippen molar-refractivity contribution in [2.45, 2.75) is 26.8 Å². The second-order valence-electron chi connectivity index (χ2n) is 4.14. The first kappa shape index (κ1) is 15.8. The Morgan fingerprint density at radius 3 is 2.38 bits per heavy atom. The van der Waals surface area contributed by atoms with Gasteiger partial charge in [0.2, 0.25) is 10.0 Å². The minimum absolute atomic E-state index is 0.145. The summed E-state index contributed by atoms with van der Waals surface area (Å²) in [4.78, 5) is 2.10. The van der Waals surface area contributed by atoms with Crippen LogP contribution in [0, 0.1) is 0 Å². The third-order valence-corrected chi connectivity index (χ3v) is 3.85. The molecule has 0 aliphatic rings. The van der Waals surface area contributed by atoms with E-state index in [4.69, 9.17) is 0 Å². The fourth-order valence-corrected chi connectivity index (χ4v) is 2.05. The normalized spacial score (nSPS) is 12.6. The highest BCUT2D eigenvalue weighted by molar-refractivity contribution is 7.89. The van der Waals surface area contributed by atoms with Crippen molar-refractivity contribution in [3.05, 3.63) is 0 Å². The molecule has 0 heterocycles. The van der Waals surface area contributed by atoms with E-state index in [0.29, 0.717) is 19.1 Å². The van der Waals surface area contributed by atoms with Crippen LogP contribution in [0.15, 0.2) is 0 Å². The Bertz CT molecular complexity index is 265. The van der Waals surface area contributed by atoms with Crippen LogP contribution in [-0.4, -0.2) is 58.3 Å². The van der Waals surface area contributed by atoms with Crippen molar-refractivity contribution >= 4 is 10.0 Å². The van der Waals surface area contributed by atoms with Crippen LogP contribution in [0.4, 0.5) is 0 Å². The van der Waals surface area contributed by atoms with Gasteiger partial charge in [0.15, 0.2) is 0 Å². The molecular formula is C10H25N3O2S. The molecule has 0 unspecified atom stereocenters. The van der Waals surface area contributed by atoms with Crippen LogP contribution in [0.2, 0.25) is 0 Å². The van der Waals surface area contributed by atoms with Gasteiger partial charge in [0.1, 0.15) is 0 Å². The molecule has 0 amide bonds. The van der Waals surface area contributed by atoms with E-state index in [0.717, 1.165) is 13.1 Å². The van der Waals surface area contributed by atoms with E-state index >= 15 is 0 Å². The van der Waals surface area contributed by atoms with Crippen molar-refractivity contribution in [2.75, 3.05) is 39.0 Å². The smallest absolute Gasteiger partial charge is 0.212 e. The Kier molecular flexibility index (Phi) is 7.91. The molecule has 0 aromatic rings. The maximum Gasteiger partial charge on any atom is 0.212 e. The molecule has 0 aromatic heterocycles. The first-order valence-electron chi connectivity index (χ1n) is 5.77. The number of hydrogen-bond donors (Lipinski definition) is 2. The molecular weight excluding hydrogens is 226 g/mol. The highest BCUT2D eigenvalue weighted by Crippen LogP contribution is 1.91. The summed E-state index contributed by atoms with van der Waals surface area (Å²) >= 11 is 0. The molecule has 2 N–H and O–H groups in total. The minimum Gasteiger partial charge on any atom is -0.316 e. The molecule has 5 nitrogen and oxygen atoms in total. The zero-order valence-electron chi connectivity index (χ0n) is 10.8. The molecule has 0 aliphatic carbocycles. The van der Waals surface area contributed by atoms with Crippen molar-refractivity contribution in [1.29, 1.82) is 0 Å². The van der Waals surface area contributed by atoms with Gasteiger partial charge in [0, 0.05) is 25.7 Å². The third kappa shape index (κ3) is 8.04. The Labute approximate surface area is 99.6 Å². The van der Waals surface area contributed by atoms with E-state index in [2.05, 4.69) is 28.8 Å². The molecule has 6 heteroatoms. The van der Waals surface area contributed by atoms with Gasteiger partial charge in [-0.1, -0.05) is 6.92 Å². The van der Waals surface area contributed by atoms with E-state index < -0.39 is 10.0 Å². The standard InChI is InChI=1S/C10H25N3O2S/c1-5-11-7-9-16(14,15)12-6-8-13(4)10(2)3/h10-12H,5-9H2,1-4H3. The maximum atomic E-state index is 11.5. The first-order valence-corrected chi connectivity index (χ1v) is 7.42. The third-order valence-electron chi connectivity index (χ3n) is 2.47. The number of nitrogens with zero attached hydrogens (tertiary/aromatic N) is 1. The number of rotatable bonds is 9. The molecule has 0 radical (unpaired) electrons. The molecule has 0 fully saturated rings. The summed E-state index contributed by atoms with van der Waals surface area (Å²) in [5.41, 5.74) is 0. The van der Waals surface area contributed by atoms with E-state index in [-0.39, 0.29) is 5.75 Å². The topological polar surface area (TPSA) is 61.4 Å². The van der Waals surface area contributed by atoms with Gasteiger partial charge in [0.05, 0.1) is 5.75 Å². The van der Waals surface area contributed by atoms with Gasteiger partial charge in [0.25, 0.3) is 0 Å². The molecule has 0 saturated heterocycles. The van der Waals surface area contributed by atoms with Gasteiger partial charge < -0.3 is 10.2 Å². The van der Waals surface area contributed by atoms with Crippen LogP contribution in [0.5, 0.6) is 0 Å². The predicted molar refractivity (Wildman–Crippen MR) is 68.1 cm³/mol. The molecule has 16 heavy (non-hydrogen) atoms. The summed E-state index contributed by atoms with van der Waals surface area (Å²) in [7, 11) is -1.13. The Morgan fingerprint density at radius 1 is 1.25 bits per heavy atom. The number of nitrogens with one attached hydrogen (secondary N) is 2. The van der Waals surface area contributed by atoms with Gasteiger partial charge in [-0.3, -0.25) is 0 Å². The highest BCUT2D eigenvalue weighted by Gasteiger charge is 2.09. The van der Waals surface area contributed by atoms with Gasteiger partial charge in [-0.15, -0.1) is 0 Å². The van der Waals surface area contributed by atoms with E-state index in [9.17, 15) is 8.42 Å². The zero-order valence-corrected chi connectivity index (χ0v) is 11.6. The number of likely N-dealkylation sites (N-methyl/N-ethyl adjacent to an activating group) is 1. The van der Waals surface area contributed by atoms with Gasteiger partial charge >= 0.3 is 0 Å². The Balaban J connectivity index is 3.74. The van der Waals surface area contributed by atoms with Crippen LogP contribution in [0.1, 0.15) is 20.8 Å². The van der Waals surface area contributed by atoms with Crippen LogP contribution in [-0.2, 0) is 10.0 Å².